The molecule has 0 unspecified atom stereocenters. The van der Waals surface area contributed by atoms with Crippen molar-refractivity contribution in [2.24, 2.45) is 0 Å². The number of sulfone groups is 1. The van der Waals surface area contributed by atoms with Gasteiger partial charge >= 0.3 is 5.97 Å². The predicted molar refractivity (Wildman–Crippen MR) is 99.4 cm³/mol. The maximum atomic E-state index is 12.5. The lowest BCUT2D eigenvalue weighted by atomic mass is 10.0. The van der Waals surface area contributed by atoms with E-state index < -0.39 is 15.8 Å². The first-order valence-electron chi connectivity index (χ1n) is 8.90. The molecule has 7 nitrogen and oxygen atoms in total. The van der Waals surface area contributed by atoms with Crippen LogP contribution in [-0.2, 0) is 14.6 Å². The van der Waals surface area contributed by atoms with E-state index in [1.54, 1.807) is 24.3 Å². The minimum absolute atomic E-state index is 0.0609. The van der Waals surface area contributed by atoms with Gasteiger partial charge in [0.05, 0.1) is 24.3 Å². The van der Waals surface area contributed by atoms with E-state index in [9.17, 15) is 13.2 Å². The summed E-state index contributed by atoms with van der Waals surface area (Å²) >= 11 is 0. The van der Waals surface area contributed by atoms with Crippen molar-refractivity contribution in [3.05, 3.63) is 24.3 Å². The van der Waals surface area contributed by atoms with E-state index >= 15 is 0 Å². The Kier molecular flexibility index (Phi) is 7.43. The van der Waals surface area contributed by atoms with Crippen molar-refractivity contribution in [2.75, 3.05) is 45.6 Å². The summed E-state index contributed by atoms with van der Waals surface area (Å²) in [5, 5.41) is 8.99. The molecule has 0 radical (unpaired) electrons. The molecule has 1 fully saturated rings. The minimum atomic E-state index is -3.35. The first kappa shape index (κ1) is 20.7. The molecule has 2 rings (SSSR count). The third kappa shape index (κ3) is 5.69. The van der Waals surface area contributed by atoms with Crippen molar-refractivity contribution in [3.8, 4) is 5.75 Å². The number of likely N-dealkylation sites (tertiary alicyclic amines) is 1. The zero-order valence-corrected chi connectivity index (χ0v) is 16.2. The van der Waals surface area contributed by atoms with Crippen LogP contribution in [0, 0.1) is 0 Å². The summed E-state index contributed by atoms with van der Waals surface area (Å²) in [6.07, 6.45) is 1.72. The summed E-state index contributed by atoms with van der Waals surface area (Å²) in [7, 11) is -1.84. The Labute approximate surface area is 155 Å². The molecule has 1 saturated heterocycles. The molecule has 1 aliphatic heterocycles. The summed E-state index contributed by atoms with van der Waals surface area (Å²) in [6.45, 7) is 4.79. The molecule has 0 bridgehead atoms. The summed E-state index contributed by atoms with van der Waals surface area (Å²) in [5.74, 6) is -0.207. The predicted octanol–water partition coefficient (Wildman–Crippen LogP) is 1.34. The van der Waals surface area contributed by atoms with Gasteiger partial charge in [0.2, 0.25) is 0 Å². The summed E-state index contributed by atoms with van der Waals surface area (Å²) in [4.78, 5) is 15.3. The average Bonchev–Trinajstić information content (AvgIpc) is 2.65. The largest absolute Gasteiger partial charge is 0.497 e. The number of carbonyl (C=O) groups is 1. The van der Waals surface area contributed by atoms with Crippen molar-refractivity contribution in [3.63, 3.8) is 0 Å². The number of methoxy groups -OCH3 is 1. The lowest BCUT2D eigenvalue weighted by Crippen LogP contribution is -2.47. The average molecular weight is 384 g/mol. The highest BCUT2D eigenvalue weighted by Crippen LogP contribution is 2.20. The van der Waals surface area contributed by atoms with E-state index in [2.05, 4.69) is 4.90 Å². The van der Waals surface area contributed by atoms with Gasteiger partial charge < -0.3 is 14.7 Å². The number of rotatable bonds is 9. The fraction of sp³-hybridized carbons (Fsp3) is 0.611. The first-order chi connectivity index (χ1) is 12.4. The van der Waals surface area contributed by atoms with E-state index in [1.165, 1.54) is 7.11 Å². The molecule has 0 aliphatic carbocycles. The van der Waals surface area contributed by atoms with Crippen molar-refractivity contribution in [1.29, 1.82) is 0 Å². The van der Waals surface area contributed by atoms with E-state index in [0.29, 0.717) is 18.8 Å². The second-order valence-electron chi connectivity index (χ2n) is 6.53. The third-order valence-corrected chi connectivity index (χ3v) is 6.59. The molecule has 0 aromatic heterocycles. The van der Waals surface area contributed by atoms with Crippen LogP contribution in [0.4, 0.5) is 0 Å². The van der Waals surface area contributed by atoms with E-state index in [1.807, 2.05) is 11.8 Å². The molecule has 1 aromatic carbocycles. The zero-order chi connectivity index (χ0) is 19.2. The number of carboxylic acid groups (broad SMARTS) is 1. The van der Waals surface area contributed by atoms with Crippen LogP contribution in [0.15, 0.2) is 29.2 Å². The maximum absolute atomic E-state index is 12.5. The number of carboxylic acids is 1. The van der Waals surface area contributed by atoms with Gasteiger partial charge in [0.1, 0.15) is 5.75 Å². The lowest BCUT2D eigenvalue weighted by molar-refractivity contribution is -0.139. The van der Waals surface area contributed by atoms with Gasteiger partial charge in [-0.1, -0.05) is 13.0 Å². The number of hydrogen-bond acceptors (Lipinski definition) is 6. The SMILES string of the molecule is CCN(CC(=O)O)C1CCN(CCS(=O)(=O)c2cccc(OC)c2)CC1. The van der Waals surface area contributed by atoms with Gasteiger partial charge in [0, 0.05) is 12.6 Å². The Balaban J connectivity index is 1.86. The normalized spacial score (nSPS) is 16.7. The van der Waals surface area contributed by atoms with Crippen molar-refractivity contribution >= 4 is 15.8 Å². The van der Waals surface area contributed by atoms with Crippen molar-refractivity contribution < 1.29 is 23.1 Å². The molecular formula is C18H28N2O5S. The van der Waals surface area contributed by atoms with Gasteiger partial charge in [-0.2, -0.15) is 0 Å². The topological polar surface area (TPSA) is 87.2 Å². The molecule has 0 saturated carbocycles. The number of hydrogen-bond donors (Lipinski definition) is 1. The monoisotopic (exact) mass is 384 g/mol. The fourth-order valence-corrected chi connectivity index (χ4v) is 4.66. The zero-order valence-electron chi connectivity index (χ0n) is 15.4. The van der Waals surface area contributed by atoms with Crippen LogP contribution in [0.3, 0.4) is 0 Å². The molecule has 1 aliphatic rings. The van der Waals surface area contributed by atoms with Crippen LogP contribution in [0.25, 0.3) is 0 Å². The van der Waals surface area contributed by atoms with Crippen LogP contribution >= 0.6 is 0 Å². The number of aliphatic carboxylic acids is 1. The Morgan fingerprint density at radius 1 is 1.35 bits per heavy atom. The van der Waals surface area contributed by atoms with Crippen molar-refractivity contribution in [2.45, 2.75) is 30.7 Å². The molecule has 1 heterocycles. The van der Waals surface area contributed by atoms with Gasteiger partial charge in [-0.25, -0.2) is 8.42 Å². The van der Waals surface area contributed by atoms with Crippen LogP contribution in [0.2, 0.25) is 0 Å². The highest BCUT2D eigenvalue weighted by atomic mass is 32.2. The number of likely N-dealkylation sites (N-methyl/N-ethyl adjacent to an activating group) is 1. The smallest absolute Gasteiger partial charge is 0.317 e. The van der Waals surface area contributed by atoms with Gasteiger partial charge in [0.25, 0.3) is 0 Å². The standard InChI is InChI=1S/C18H28N2O5S/c1-3-20(14-18(21)22)15-7-9-19(10-8-15)11-12-26(23,24)17-6-4-5-16(13-17)25-2/h4-6,13,15H,3,7-12,14H2,1-2H3,(H,21,22). The molecule has 0 amide bonds. The molecule has 1 aromatic rings. The number of ether oxygens (including phenoxy) is 1. The van der Waals surface area contributed by atoms with Crippen LogP contribution < -0.4 is 4.74 Å². The van der Waals surface area contributed by atoms with E-state index in [4.69, 9.17) is 9.84 Å². The Hall–Kier alpha value is -1.64. The molecule has 1 N–H and O–H groups in total. The Morgan fingerprint density at radius 3 is 2.62 bits per heavy atom. The number of benzene rings is 1. The molecule has 0 spiro atoms. The minimum Gasteiger partial charge on any atom is -0.497 e. The Morgan fingerprint density at radius 2 is 2.04 bits per heavy atom. The second-order valence-corrected chi connectivity index (χ2v) is 8.64. The molecule has 146 valence electrons. The quantitative estimate of drug-likeness (QED) is 0.687. The number of piperidine rings is 1. The molecular weight excluding hydrogens is 356 g/mol. The third-order valence-electron chi connectivity index (χ3n) is 4.89. The van der Waals surface area contributed by atoms with Gasteiger partial charge in [-0.05, 0) is 50.7 Å². The maximum Gasteiger partial charge on any atom is 0.317 e. The summed E-state index contributed by atoms with van der Waals surface area (Å²) in [5.41, 5.74) is 0. The summed E-state index contributed by atoms with van der Waals surface area (Å²) < 4.78 is 30.2. The molecule has 26 heavy (non-hydrogen) atoms. The Bertz CT molecular complexity index is 699. The van der Waals surface area contributed by atoms with Crippen LogP contribution in [0.1, 0.15) is 19.8 Å². The van der Waals surface area contributed by atoms with Crippen molar-refractivity contribution in [1.82, 2.24) is 9.80 Å². The van der Waals surface area contributed by atoms with Crippen LogP contribution in [-0.4, -0.2) is 80.9 Å². The molecule has 8 heteroatoms. The van der Waals surface area contributed by atoms with Crippen LogP contribution in [0.5, 0.6) is 5.75 Å². The fourth-order valence-electron chi connectivity index (χ4n) is 3.34. The molecule has 0 atom stereocenters. The summed E-state index contributed by atoms with van der Waals surface area (Å²) in [6, 6.07) is 6.79. The van der Waals surface area contributed by atoms with Gasteiger partial charge in [-0.15, -0.1) is 0 Å². The highest BCUT2D eigenvalue weighted by Gasteiger charge is 2.26. The van der Waals surface area contributed by atoms with Gasteiger partial charge in [-0.3, -0.25) is 9.69 Å². The highest BCUT2D eigenvalue weighted by molar-refractivity contribution is 7.91. The number of nitrogens with zero attached hydrogens (tertiary/aromatic N) is 2. The second kappa shape index (κ2) is 9.34. The first-order valence-corrected chi connectivity index (χ1v) is 10.6. The lowest BCUT2D eigenvalue weighted by Gasteiger charge is -2.37. The van der Waals surface area contributed by atoms with E-state index in [0.717, 1.165) is 25.9 Å². The van der Waals surface area contributed by atoms with E-state index in [-0.39, 0.29) is 23.2 Å². The van der Waals surface area contributed by atoms with Gasteiger partial charge in [0.15, 0.2) is 9.84 Å².